The van der Waals surface area contributed by atoms with Crippen LogP contribution in [0.2, 0.25) is 0 Å². The predicted octanol–water partition coefficient (Wildman–Crippen LogP) is 3.25. The molecule has 2 aromatic carbocycles. The summed E-state index contributed by atoms with van der Waals surface area (Å²) in [7, 11) is 0. The molecule has 8 nitrogen and oxygen atoms in total. The van der Waals surface area contributed by atoms with E-state index in [1.54, 1.807) is 65.3 Å². The minimum Gasteiger partial charge on any atom is -0.494 e. The molecular formula is C23H27N3O5. The van der Waals surface area contributed by atoms with E-state index in [1.165, 1.54) is 0 Å². The van der Waals surface area contributed by atoms with Crippen molar-refractivity contribution in [3.8, 4) is 5.75 Å². The summed E-state index contributed by atoms with van der Waals surface area (Å²) in [4.78, 5) is 40.9. The molecule has 0 aliphatic carbocycles. The summed E-state index contributed by atoms with van der Waals surface area (Å²) in [5.74, 6) is 0.193. The SMILES string of the molecule is CCOC(=O)N1CCN(C(=O)c2ccccc2NC(=O)c2ccc(OCC)cc2)CC1. The second-order valence-corrected chi connectivity index (χ2v) is 6.94. The normalized spacial score (nSPS) is 13.5. The molecule has 3 amide bonds. The smallest absolute Gasteiger partial charge is 0.409 e. The zero-order chi connectivity index (χ0) is 22.2. The zero-order valence-corrected chi connectivity index (χ0v) is 17.8. The molecule has 0 aromatic heterocycles. The zero-order valence-electron chi connectivity index (χ0n) is 17.8. The third-order valence-corrected chi connectivity index (χ3v) is 4.93. The summed E-state index contributed by atoms with van der Waals surface area (Å²) < 4.78 is 10.4. The average Bonchev–Trinajstić information content (AvgIpc) is 2.80. The van der Waals surface area contributed by atoms with E-state index in [0.717, 1.165) is 0 Å². The van der Waals surface area contributed by atoms with Crippen LogP contribution in [0.25, 0.3) is 0 Å². The number of anilines is 1. The largest absolute Gasteiger partial charge is 0.494 e. The maximum absolute atomic E-state index is 13.1. The number of nitrogens with zero attached hydrogens (tertiary/aromatic N) is 2. The summed E-state index contributed by atoms with van der Waals surface area (Å²) in [6, 6.07) is 13.7. The Hall–Kier alpha value is -3.55. The third kappa shape index (κ3) is 5.53. The Kier molecular flexibility index (Phi) is 7.48. The summed E-state index contributed by atoms with van der Waals surface area (Å²) in [6.07, 6.45) is -0.363. The quantitative estimate of drug-likeness (QED) is 0.768. The highest BCUT2D eigenvalue weighted by Gasteiger charge is 2.27. The minimum atomic E-state index is -0.363. The molecular weight excluding hydrogens is 398 g/mol. The first-order valence-corrected chi connectivity index (χ1v) is 10.4. The van der Waals surface area contributed by atoms with Gasteiger partial charge in [0.2, 0.25) is 0 Å². The molecule has 1 heterocycles. The fraction of sp³-hybridized carbons (Fsp3) is 0.348. The van der Waals surface area contributed by atoms with Crippen LogP contribution >= 0.6 is 0 Å². The third-order valence-electron chi connectivity index (χ3n) is 4.93. The van der Waals surface area contributed by atoms with Crippen LogP contribution in [0.1, 0.15) is 34.6 Å². The van der Waals surface area contributed by atoms with Crippen LogP contribution in [0.5, 0.6) is 5.75 Å². The molecule has 1 saturated heterocycles. The van der Waals surface area contributed by atoms with Gasteiger partial charge in [0.15, 0.2) is 0 Å². The van der Waals surface area contributed by atoms with Crippen LogP contribution in [-0.2, 0) is 4.74 Å². The van der Waals surface area contributed by atoms with E-state index >= 15 is 0 Å². The molecule has 1 aliphatic rings. The van der Waals surface area contributed by atoms with Crippen molar-refractivity contribution < 1.29 is 23.9 Å². The lowest BCUT2D eigenvalue weighted by molar-refractivity contribution is 0.0571. The van der Waals surface area contributed by atoms with Crippen molar-refractivity contribution in [2.45, 2.75) is 13.8 Å². The Morgan fingerprint density at radius 2 is 1.52 bits per heavy atom. The van der Waals surface area contributed by atoms with Gasteiger partial charge in [-0.25, -0.2) is 4.79 Å². The number of amides is 3. The van der Waals surface area contributed by atoms with Gasteiger partial charge in [0.05, 0.1) is 24.5 Å². The molecule has 0 unspecified atom stereocenters. The summed E-state index contributed by atoms with van der Waals surface area (Å²) >= 11 is 0. The van der Waals surface area contributed by atoms with Crippen molar-refractivity contribution in [3.63, 3.8) is 0 Å². The van der Waals surface area contributed by atoms with Crippen molar-refractivity contribution in [3.05, 3.63) is 59.7 Å². The summed E-state index contributed by atoms with van der Waals surface area (Å²) in [5, 5.41) is 2.83. The highest BCUT2D eigenvalue weighted by molar-refractivity contribution is 6.09. The fourth-order valence-electron chi connectivity index (χ4n) is 3.32. The van der Waals surface area contributed by atoms with E-state index in [0.29, 0.717) is 62.0 Å². The van der Waals surface area contributed by atoms with Gasteiger partial charge in [0, 0.05) is 31.7 Å². The number of benzene rings is 2. The van der Waals surface area contributed by atoms with Crippen LogP contribution in [-0.4, -0.2) is 67.1 Å². The number of hydrogen-bond acceptors (Lipinski definition) is 5. The van der Waals surface area contributed by atoms with E-state index in [1.807, 2.05) is 6.92 Å². The standard InChI is InChI=1S/C23H27N3O5/c1-3-30-18-11-9-17(10-12-18)21(27)24-20-8-6-5-7-19(20)22(28)25-13-15-26(16-14-25)23(29)31-4-2/h5-12H,3-4,13-16H2,1-2H3,(H,24,27). The number of ether oxygens (including phenoxy) is 2. The molecule has 1 N–H and O–H groups in total. The van der Waals surface area contributed by atoms with Gasteiger partial charge in [-0.15, -0.1) is 0 Å². The average molecular weight is 425 g/mol. The van der Waals surface area contributed by atoms with Gasteiger partial charge in [-0.2, -0.15) is 0 Å². The lowest BCUT2D eigenvalue weighted by atomic mass is 10.1. The molecule has 1 fully saturated rings. The van der Waals surface area contributed by atoms with Gasteiger partial charge in [0.1, 0.15) is 5.75 Å². The monoisotopic (exact) mass is 425 g/mol. The first kappa shape index (κ1) is 22.1. The maximum atomic E-state index is 13.1. The van der Waals surface area contributed by atoms with E-state index < -0.39 is 0 Å². The second-order valence-electron chi connectivity index (χ2n) is 6.94. The van der Waals surface area contributed by atoms with Gasteiger partial charge < -0.3 is 24.6 Å². The molecule has 2 aromatic rings. The number of nitrogens with one attached hydrogen (secondary N) is 1. The molecule has 164 valence electrons. The Labute approximate surface area is 181 Å². The lowest BCUT2D eigenvalue weighted by Crippen LogP contribution is -2.50. The highest BCUT2D eigenvalue weighted by Crippen LogP contribution is 2.20. The molecule has 1 aliphatic heterocycles. The lowest BCUT2D eigenvalue weighted by Gasteiger charge is -2.34. The van der Waals surface area contributed by atoms with E-state index in [4.69, 9.17) is 9.47 Å². The number of rotatable bonds is 6. The van der Waals surface area contributed by atoms with Gasteiger partial charge >= 0.3 is 6.09 Å². The number of hydrogen-bond donors (Lipinski definition) is 1. The number of para-hydroxylation sites is 1. The second kappa shape index (κ2) is 10.5. The van der Waals surface area contributed by atoms with Crippen LogP contribution in [0, 0.1) is 0 Å². The van der Waals surface area contributed by atoms with Gasteiger partial charge in [0.25, 0.3) is 11.8 Å². The Bertz CT molecular complexity index is 921. The topological polar surface area (TPSA) is 88.2 Å². The fourth-order valence-corrected chi connectivity index (χ4v) is 3.32. The van der Waals surface area contributed by atoms with Crippen molar-refractivity contribution in [2.24, 2.45) is 0 Å². The van der Waals surface area contributed by atoms with Crippen molar-refractivity contribution in [1.82, 2.24) is 9.80 Å². The Balaban J connectivity index is 1.66. The summed E-state index contributed by atoms with van der Waals surface area (Å²) in [6.45, 7) is 6.14. The summed E-state index contributed by atoms with van der Waals surface area (Å²) in [5.41, 5.74) is 1.32. The molecule has 3 rings (SSSR count). The van der Waals surface area contributed by atoms with Crippen LogP contribution < -0.4 is 10.1 Å². The number of carbonyl (C=O) groups excluding carboxylic acids is 3. The first-order chi connectivity index (χ1) is 15.0. The van der Waals surface area contributed by atoms with Crippen LogP contribution in [0.4, 0.5) is 10.5 Å². The van der Waals surface area contributed by atoms with E-state index in [2.05, 4.69) is 5.32 Å². The Morgan fingerprint density at radius 1 is 0.871 bits per heavy atom. The minimum absolute atomic E-state index is 0.189. The molecule has 0 saturated carbocycles. The highest BCUT2D eigenvalue weighted by atomic mass is 16.6. The van der Waals surface area contributed by atoms with E-state index in [-0.39, 0.29) is 17.9 Å². The number of carbonyl (C=O) groups is 3. The van der Waals surface area contributed by atoms with Gasteiger partial charge in [-0.3, -0.25) is 9.59 Å². The van der Waals surface area contributed by atoms with Crippen molar-refractivity contribution >= 4 is 23.6 Å². The van der Waals surface area contributed by atoms with Gasteiger partial charge in [-0.1, -0.05) is 12.1 Å². The van der Waals surface area contributed by atoms with Crippen LogP contribution in [0.3, 0.4) is 0 Å². The van der Waals surface area contributed by atoms with Gasteiger partial charge in [-0.05, 0) is 50.2 Å². The molecule has 31 heavy (non-hydrogen) atoms. The maximum Gasteiger partial charge on any atom is 0.409 e. The first-order valence-electron chi connectivity index (χ1n) is 10.4. The molecule has 0 spiro atoms. The predicted molar refractivity (Wildman–Crippen MR) is 117 cm³/mol. The Morgan fingerprint density at radius 3 is 2.16 bits per heavy atom. The number of piperazine rings is 1. The van der Waals surface area contributed by atoms with E-state index in [9.17, 15) is 14.4 Å². The molecule has 0 atom stereocenters. The molecule has 8 heteroatoms. The van der Waals surface area contributed by atoms with Crippen molar-refractivity contribution in [1.29, 1.82) is 0 Å². The van der Waals surface area contributed by atoms with Crippen molar-refractivity contribution in [2.75, 3.05) is 44.7 Å². The van der Waals surface area contributed by atoms with Crippen LogP contribution in [0.15, 0.2) is 48.5 Å². The molecule has 0 radical (unpaired) electrons. The molecule has 0 bridgehead atoms.